The Kier molecular flexibility index (Phi) is 2.26. The van der Waals surface area contributed by atoms with Gasteiger partial charge in [-0.2, -0.15) is 5.26 Å². The number of anilines is 1. The Hall–Kier alpha value is -1.60. The normalized spacial score (nSPS) is 27.8. The summed E-state index contributed by atoms with van der Waals surface area (Å²) in [5.41, 5.74) is 1.74. The van der Waals surface area contributed by atoms with Crippen molar-refractivity contribution in [1.82, 2.24) is 10.3 Å². The lowest BCUT2D eigenvalue weighted by Gasteiger charge is -2.26. The average Bonchev–Trinajstić information content (AvgIpc) is 2.64. The lowest BCUT2D eigenvalue weighted by Crippen LogP contribution is -2.39. The van der Waals surface area contributed by atoms with Crippen LogP contribution < -0.4 is 10.2 Å². The van der Waals surface area contributed by atoms with Gasteiger partial charge in [-0.25, -0.2) is 0 Å². The van der Waals surface area contributed by atoms with Crippen LogP contribution in [0.25, 0.3) is 0 Å². The van der Waals surface area contributed by atoms with E-state index in [0.717, 1.165) is 31.2 Å². The van der Waals surface area contributed by atoms with Crippen LogP contribution in [0.3, 0.4) is 0 Å². The molecule has 1 N–H and O–H groups in total. The third-order valence-corrected chi connectivity index (χ3v) is 3.50. The highest BCUT2D eigenvalue weighted by Gasteiger charge is 2.35. The van der Waals surface area contributed by atoms with Gasteiger partial charge in [-0.05, 0) is 24.9 Å². The van der Waals surface area contributed by atoms with E-state index >= 15 is 0 Å². The number of nitrogens with zero attached hydrogens (tertiary/aromatic N) is 3. The molecule has 2 saturated heterocycles. The predicted molar refractivity (Wildman–Crippen MR) is 61.1 cm³/mol. The maximum Gasteiger partial charge on any atom is 0.101 e. The second-order valence-corrected chi connectivity index (χ2v) is 4.61. The molecule has 3 rings (SSSR count). The highest BCUT2D eigenvalue weighted by atomic mass is 15.2. The highest BCUT2D eigenvalue weighted by molar-refractivity contribution is 5.51. The van der Waals surface area contributed by atoms with E-state index in [2.05, 4.69) is 21.3 Å². The van der Waals surface area contributed by atoms with Gasteiger partial charge in [0.1, 0.15) is 6.07 Å². The van der Waals surface area contributed by atoms with E-state index in [9.17, 15) is 0 Å². The van der Waals surface area contributed by atoms with E-state index in [1.807, 2.05) is 12.3 Å². The molecule has 0 aliphatic carbocycles. The van der Waals surface area contributed by atoms with Crippen LogP contribution in [0.2, 0.25) is 0 Å². The van der Waals surface area contributed by atoms with Crippen molar-refractivity contribution >= 4 is 5.69 Å². The smallest absolute Gasteiger partial charge is 0.101 e. The van der Waals surface area contributed by atoms with Crippen molar-refractivity contribution in [2.75, 3.05) is 24.5 Å². The SMILES string of the molecule is N#Cc1cncc(N2CC3CNCC2C3)c1. The molecule has 82 valence electrons. The number of hydrogen-bond acceptors (Lipinski definition) is 4. The number of pyridine rings is 1. The predicted octanol–water partition coefficient (Wildman–Crippen LogP) is 0.751. The van der Waals surface area contributed by atoms with Gasteiger partial charge in [0.2, 0.25) is 0 Å². The fourth-order valence-corrected chi connectivity index (χ4v) is 2.77. The molecule has 1 aromatic heterocycles. The minimum absolute atomic E-state index is 0.578. The molecule has 0 saturated carbocycles. The van der Waals surface area contributed by atoms with Crippen LogP contribution in [0.4, 0.5) is 5.69 Å². The number of nitriles is 1. The zero-order valence-electron chi connectivity index (χ0n) is 9.06. The number of rotatable bonds is 1. The van der Waals surface area contributed by atoms with Crippen LogP contribution in [0.1, 0.15) is 12.0 Å². The Balaban J connectivity index is 1.89. The Morgan fingerprint density at radius 3 is 3.19 bits per heavy atom. The second kappa shape index (κ2) is 3.76. The Labute approximate surface area is 94.9 Å². The van der Waals surface area contributed by atoms with E-state index < -0.39 is 0 Å². The summed E-state index contributed by atoms with van der Waals surface area (Å²) in [5, 5.41) is 12.3. The molecule has 4 nitrogen and oxygen atoms in total. The van der Waals surface area contributed by atoms with Crippen molar-refractivity contribution in [2.45, 2.75) is 12.5 Å². The second-order valence-electron chi connectivity index (χ2n) is 4.61. The minimum atomic E-state index is 0.578. The molecule has 16 heavy (non-hydrogen) atoms. The molecule has 4 heteroatoms. The Morgan fingerprint density at radius 1 is 1.44 bits per heavy atom. The number of piperidine rings is 1. The first-order chi connectivity index (χ1) is 7.86. The van der Waals surface area contributed by atoms with Crippen LogP contribution in [0.15, 0.2) is 18.5 Å². The van der Waals surface area contributed by atoms with Gasteiger partial charge >= 0.3 is 0 Å². The molecule has 3 heterocycles. The molecular formula is C12H14N4. The monoisotopic (exact) mass is 214 g/mol. The van der Waals surface area contributed by atoms with Crippen LogP contribution >= 0.6 is 0 Å². The first-order valence-corrected chi connectivity index (χ1v) is 5.69. The average molecular weight is 214 g/mol. The molecule has 0 spiro atoms. The molecule has 0 amide bonds. The molecule has 0 radical (unpaired) electrons. The Bertz CT molecular complexity index is 437. The molecule has 2 aliphatic heterocycles. The first kappa shape index (κ1) is 9.61. The maximum absolute atomic E-state index is 8.87. The number of fused-ring (bicyclic) bond motifs is 2. The van der Waals surface area contributed by atoms with Crippen LogP contribution in [0.5, 0.6) is 0 Å². The Morgan fingerprint density at radius 2 is 2.38 bits per heavy atom. The van der Waals surface area contributed by atoms with Crippen LogP contribution in [-0.2, 0) is 0 Å². The number of aromatic nitrogens is 1. The van der Waals surface area contributed by atoms with Gasteiger partial charge in [0.05, 0.1) is 17.4 Å². The van der Waals surface area contributed by atoms with E-state index in [1.54, 1.807) is 6.20 Å². The molecule has 1 aromatic rings. The molecular weight excluding hydrogens is 200 g/mol. The summed E-state index contributed by atoms with van der Waals surface area (Å²) in [7, 11) is 0. The van der Waals surface area contributed by atoms with Gasteiger partial charge in [0.25, 0.3) is 0 Å². The van der Waals surface area contributed by atoms with Gasteiger partial charge in [-0.1, -0.05) is 0 Å². The summed E-state index contributed by atoms with van der Waals surface area (Å²) in [6, 6.07) is 4.66. The topological polar surface area (TPSA) is 52.0 Å². The zero-order valence-corrected chi connectivity index (χ0v) is 9.06. The quantitative estimate of drug-likeness (QED) is 0.749. The van der Waals surface area contributed by atoms with E-state index in [1.165, 1.54) is 6.42 Å². The third kappa shape index (κ3) is 1.54. The third-order valence-electron chi connectivity index (χ3n) is 3.50. The number of nitrogens with one attached hydrogen (secondary N) is 1. The summed E-state index contributed by atoms with van der Waals surface area (Å²) in [5.74, 6) is 0.754. The van der Waals surface area contributed by atoms with E-state index in [0.29, 0.717) is 11.6 Å². The van der Waals surface area contributed by atoms with Crippen molar-refractivity contribution in [3.63, 3.8) is 0 Å². The van der Waals surface area contributed by atoms with E-state index in [-0.39, 0.29) is 0 Å². The summed E-state index contributed by atoms with van der Waals surface area (Å²) in [6.07, 6.45) is 4.75. The van der Waals surface area contributed by atoms with E-state index in [4.69, 9.17) is 5.26 Å². The summed E-state index contributed by atoms with van der Waals surface area (Å²) < 4.78 is 0. The largest absolute Gasteiger partial charge is 0.366 e. The molecule has 0 aromatic carbocycles. The molecule has 2 aliphatic rings. The van der Waals surface area contributed by atoms with Gasteiger partial charge in [0, 0.05) is 25.3 Å². The van der Waals surface area contributed by atoms with Crippen LogP contribution in [-0.4, -0.2) is 30.7 Å². The lowest BCUT2D eigenvalue weighted by atomic mass is 10.0. The van der Waals surface area contributed by atoms with Crippen LogP contribution in [0, 0.1) is 17.2 Å². The lowest BCUT2D eigenvalue weighted by molar-refractivity contribution is 0.434. The first-order valence-electron chi connectivity index (χ1n) is 5.69. The minimum Gasteiger partial charge on any atom is -0.366 e. The fraction of sp³-hybridized carbons (Fsp3) is 0.500. The number of hydrogen-bond donors (Lipinski definition) is 1. The maximum atomic E-state index is 8.87. The zero-order chi connectivity index (χ0) is 11.0. The van der Waals surface area contributed by atoms with Gasteiger partial charge in [0.15, 0.2) is 0 Å². The molecule has 2 bridgehead atoms. The summed E-state index contributed by atoms with van der Waals surface area (Å²) >= 11 is 0. The van der Waals surface area contributed by atoms with Gasteiger partial charge in [-0.3, -0.25) is 4.98 Å². The van der Waals surface area contributed by atoms with Gasteiger partial charge < -0.3 is 10.2 Å². The molecule has 2 fully saturated rings. The van der Waals surface area contributed by atoms with Crippen molar-refractivity contribution in [3.8, 4) is 6.07 Å². The highest BCUT2D eigenvalue weighted by Crippen LogP contribution is 2.30. The van der Waals surface area contributed by atoms with Crippen molar-refractivity contribution < 1.29 is 0 Å². The van der Waals surface area contributed by atoms with Crippen molar-refractivity contribution in [3.05, 3.63) is 24.0 Å². The summed E-state index contributed by atoms with van der Waals surface area (Å²) in [6.45, 7) is 3.26. The van der Waals surface area contributed by atoms with Gasteiger partial charge in [-0.15, -0.1) is 0 Å². The molecule has 2 atom stereocenters. The van der Waals surface area contributed by atoms with Crippen molar-refractivity contribution in [1.29, 1.82) is 5.26 Å². The summed E-state index contributed by atoms with van der Waals surface area (Å²) in [4.78, 5) is 6.52. The fourth-order valence-electron chi connectivity index (χ4n) is 2.77. The molecule has 2 unspecified atom stereocenters. The van der Waals surface area contributed by atoms with Crippen molar-refractivity contribution in [2.24, 2.45) is 5.92 Å². The standard InChI is InChI=1S/C12H14N4/c13-3-9-1-11(6-14-4-9)16-8-10-2-12(16)7-15-5-10/h1,4,6,10,12,15H,2,5,7-8H2.